The van der Waals surface area contributed by atoms with Crippen LogP contribution in [0, 0.1) is 5.82 Å². The number of nitrogens with zero attached hydrogens (tertiary/aromatic N) is 4. The number of nitrogen functional groups attached to an aromatic ring is 1. The first kappa shape index (κ1) is 11.6. The third kappa shape index (κ3) is 1.91. The summed E-state index contributed by atoms with van der Waals surface area (Å²) in [7, 11) is 0. The Morgan fingerprint density at radius 2 is 2.11 bits per heavy atom. The van der Waals surface area contributed by atoms with Gasteiger partial charge in [-0.1, -0.05) is 13.0 Å². The minimum absolute atomic E-state index is 0.0922. The van der Waals surface area contributed by atoms with E-state index in [1.54, 1.807) is 6.20 Å². The van der Waals surface area contributed by atoms with Crippen LogP contribution in [0.3, 0.4) is 0 Å². The standard InChI is InChI=1S/C13H12FN5/c1-2-8-3-4-10(16-6-8)11-5-9(14)12-7-17-13(15)18-19(11)12/h3-7H,2H2,1H3,(H2,15,18). The summed E-state index contributed by atoms with van der Waals surface area (Å²) in [6, 6.07) is 5.19. The molecule has 3 heterocycles. The van der Waals surface area contributed by atoms with Crippen molar-refractivity contribution in [2.75, 3.05) is 5.73 Å². The molecule has 3 rings (SSSR count). The molecule has 0 aliphatic heterocycles. The highest BCUT2D eigenvalue weighted by Gasteiger charge is 2.13. The average Bonchev–Trinajstić information content (AvgIpc) is 2.75. The number of hydrogen-bond donors (Lipinski definition) is 1. The monoisotopic (exact) mass is 257 g/mol. The minimum Gasteiger partial charge on any atom is -0.367 e. The van der Waals surface area contributed by atoms with Crippen LogP contribution in [-0.4, -0.2) is 19.6 Å². The second kappa shape index (κ2) is 4.31. The summed E-state index contributed by atoms with van der Waals surface area (Å²) < 4.78 is 15.2. The summed E-state index contributed by atoms with van der Waals surface area (Å²) in [6.07, 6.45) is 4.05. The van der Waals surface area contributed by atoms with Gasteiger partial charge in [-0.25, -0.2) is 13.9 Å². The second-order valence-electron chi connectivity index (χ2n) is 4.20. The zero-order chi connectivity index (χ0) is 13.4. The van der Waals surface area contributed by atoms with Gasteiger partial charge in [-0.15, -0.1) is 5.10 Å². The molecule has 2 N–H and O–H groups in total. The molecule has 0 aromatic carbocycles. The number of halogens is 1. The number of rotatable bonds is 2. The van der Waals surface area contributed by atoms with E-state index in [1.165, 1.54) is 16.8 Å². The van der Waals surface area contributed by atoms with E-state index in [-0.39, 0.29) is 11.5 Å². The van der Waals surface area contributed by atoms with E-state index in [0.29, 0.717) is 11.4 Å². The molecule has 0 saturated carbocycles. The quantitative estimate of drug-likeness (QED) is 0.763. The second-order valence-corrected chi connectivity index (χ2v) is 4.20. The molecule has 0 bridgehead atoms. The van der Waals surface area contributed by atoms with Gasteiger partial charge in [0.15, 0.2) is 5.82 Å². The number of hydrogen-bond acceptors (Lipinski definition) is 4. The number of aromatic nitrogens is 4. The van der Waals surface area contributed by atoms with Crippen molar-refractivity contribution < 1.29 is 4.39 Å². The van der Waals surface area contributed by atoms with E-state index in [4.69, 9.17) is 5.73 Å². The number of fused-ring (bicyclic) bond motifs is 1. The molecule has 0 unspecified atom stereocenters. The van der Waals surface area contributed by atoms with Crippen molar-refractivity contribution >= 4 is 11.5 Å². The normalized spacial score (nSPS) is 11.1. The molecule has 0 spiro atoms. The summed E-state index contributed by atoms with van der Waals surface area (Å²) in [5.74, 6) is -0.300. The molecular formula is C13H12FN5. The van der Waals surface area contributed by atoms with Gasteiger partial charge in [0.2, 0.25) is 5.95 Å². The maximum atomic E-state index is 13.8. The van der Waals surface area contributed by atoms with Crippen molar-refractivity contribution in [3.63, 3.8) is 0 Å². The van der Waals surface area contributed by atoms with Crippen molar-refractivity contribution in [1.82, 2.24) is 19.6 Å². The number of aryl methyl sites for hydroxylation is 1. The molecule has 0 aliphatic rings. The third-order valence-electron chi connectivity index (χ3n) is 2.98. The molecule has 0 aliphatic carbocycles. The predicted octanol–water partition coefficient (Wildman–Crippen LogP) is 2.08. The first-order valence-corrected chi connectivity index (χ1v) is 5.94. The van der Waals surface area contributed by atoms with E-state index in [1.807, 2.05) is 12.1 Å². The summed E-state index contributed by atoms with van der Waals surface area (Å²) in [5.41, 5.74) is 8.15. The number of nitrogens with two attached hydrogens (primary N) is 1. The van der Waals surface area contributed by atoms with Gasteiger partial charge in [0.05, 0.1) is 17.6 Å². The van der Waals surface area contributed by atoms with Crippen molar-refractivity contribution in [3.05, 3.63) is 42.0 Å². The zero-order valence-electron chi connectivity index (χ0n) is 10.3. The molecule has 19 heavy (non-hydrogen) atoms. The highest BCUT2D eigenvalue weighted by atomic mass is 19.1. The van der Waals surface area contributed by atoms with E-state index in [9.17, 15) is 4.39 Å². The zero-order valence-corrected chi connectivity index (χ0v) is 10.3. The maximum absolute atomic E-state index is 13.8. The van der Waals surface area contributed by atoms with E-state index in [2.05, 4.69) is 22.0 Å². The van der Waals surface area contributed by atoms with E-state index in [0.717, 1.165) is 12.0 Å². The van der Waals surface area contributed by atoms with Crippen LogP contribution in [-0.2, 0) is 6.42 Å². The SMILES string of the molecule is CCc1ccc(-c2cc(F)c3cnc(N)nn23)nc1. The Balaban J connectivity index is 2.20. The maximum Gasteiger partial charge on any atom is 0.238 e. The summed E-state index contributed by atoms with van der Waals surface area (Å²) in [5, 5.41) is 4.02. The lowest BCUT2D eigenvalue weighted by molar-refractivity contribution is 0.638. The fourth-order valence-corrected chi connectivity index (χ4v) is 1.93. The molecular weight excluding hydrogens is 245 g/mol. The third-order valence-corrected chi connectivity index (χ3v) is 2.98. The van der Waals surface area contributed by atoms with E-state index < -0.39 is 5.82 Å². The number of pyridine rings is 1. The fraction of sp³-hybridized carbons (Fsp3) is 0.154. The lowest BCUT2D eigenvalue weighted by atomic mass is 10.2. The van der Waals surface area contributed by atoms with Gasteiger partial charge >= 0.3 is 0 Å². The van der Waals surface area contributed by atoms with Crippen molar-refractivity contribution in [2.45, 2.75) is 13.3 Å². The topological polar surface area (TPSA) is 69.1 Å². The molecule has 3 aromatic rings. The highest BCUT2D eigenvalue weighted by Crippen LogP contribution is 2.23. The van der Waals surface area contributed by atoms with Crippen LogP contribution in [0.15, 0.2) is 30.6 Å². The molecule has 0 amide bonds. The molecule has 6 heteroatoms. The Labute approximate surface area is 108 Å². The van der Waals surface area contributed by atoms with Crippen LogP contribution in [0.1, 0.15) is 12.5 Å². The minimum atomic E-state index is -0.392. The lowest BCUT2D eigenvalue weighted by Gasteiger charge is -2.02. The Morgan fingerprint density at radius 3 is 2.79 bits per heavy atom. The van der Waals surface area contributed by atoms with Crippen LogP contribution in [0.4, 0.5) is 10.3 Å². The van der Waals surface area contributed by atoms with Crippen LogP contribution in [0.2, 0.25) is 0 Å². The Hall–Kier alpha value is -2.50. The van der Waals surface area contributed by atoms with Crippen LogP contribution in [0.25, 0.3) is 16.9 Å². The van der Waals surface area contributed by atoms with Gasteiger partial charge in [-0.3, -0.25) is 4.98 Å². The van der Waals surface area contributed by atoms with Crippen molar-refractivity contribution in [1.29, 1.82) is 0 Å². The fourth-order valence-electron chi connectivity index (χ4n) is 1.93. The molecule has 96 valence electrons. The van der Waals surface area contributed by atoms with Gasteiger partial charge in [-0.2, -0.15) is 0 Å². The van der Waals surface area contributed by atoms with Crippen molar-refractivity contribution in [3.8, 4) is 11.4 Å². The average molecular weight is 257 g/mol. The number of anilines is 1. The van der Waals surface area contributed by atoms with Crippen LogP contribution >= 0.6 is 0 Å². The molecule has 0 atom stereocenters. The van der Waals surface area contributed by atoms with Crippen molar-refractivity contribution in [2.24, 2.45) is 0 Å². The highest BCUT2D eigenvalue weighted by molar-refractivity contribution is 5.64. The smallest absolute Gasteiger partial charge is 0.238 e. The largest absolute Gasteiger partial charge is 0.367 e. The van der Waals surface area contributed by atoms with Crippen LogP contribution < -0.4 is 5.73 Å². The molecule has 0 radical (unpaired) electrons. The van der Waals surface area contributed by atoms with Gasteiger partial charge in [-0.05, 0) is 18.1 Å². The van der Waals surface area contributed by atoms with E-state index >= 15 is 0 Å². The molecule has 0 saturated heterocycles. The lowest BCUT2D eigenvalue weighted by Crippen LogP contribution is -2.02. The first-order valence-electron chi connectivity index (χ1n) is 5.94. The van der Waals surface area contributed by atoms with Gasteiger partial charge in [0.1, 0.15) is 5.52 Å². The Kier molecular flexibility index (Phi) is 2.63. The van der Waals surface area contributed by atoms with Gasteiger partial charge in [0.25, 0.3) is 0 Å². The Morgan fingerprint density at radius 1 is 1.26 bits per heavy atom. The Bertz CT molecular complexity index is 733. The summed E-state index contributed by atoms with van der Waals surface area (Å²) in [6.45, 7) is 2.05. The summed E-state index contributed by atoms with van der Waals surface area (Å²) in [4.78, 5) is 8.11. The van der Waals surface area contributed by atoms with Crippen LogP contribution in [0.5, 0.6) is 0 Å². The van der Waals surface area contributed by atoms with Gasteiger partial charge in [0, 0.05) is 12.3 Å². The van der Waals surface area contributed by atoms with Gasteiger partial charge < -0.3 is 5.73 Å². The first-order chi connectivity index (χ1) is 9.19. The molecule has 5 nitrogen and oxygen atoms in total. The summed E-state index contributed by atoms with van der Waals surface area (Å²) >= 11 is 0. The molecule has 3 aromatic heterocycles. The predicted molar refractivity (Wildman–Crippen MR) is 70.0 cm³/mol. The molecule has 0 fully saturated rings.